The third-order valence-corrected chi connectivity index (χ3v) is 2.85. The number of carbonyl (C=O) groups is 2. The average Bonchev–Trinajstić information content (AvgIpc) is 2.36. The van der Waals surface area contributed by atoms with E-state index in [1.165, 1.54) is 0 Å². The monoisotopic (exact) mass is 251 g/mol. The first kappa shape index (κ1) is 14.2. The van der Waals surface area contributed by atoms with Crippen molar-refractivity contribution in [2.45, 2.75) is 25.3 Å². The lowest BCUT2D eigenvalue weighted by Crippen LogP contribution is -2.49. The summed E-state index contributed by atoms with van der Waals surface area (Å²) >= 11 is 0. The molecule has 1 aromatic carbocycles. The molecule has 1 aromatic rings. The molecule has 5 heteroatoms. The maximum atomic E-state index is 12.1. The van der Waals surface area contributed by atoms with Gasteiger partial charge in [-0.15, -0.1) is 0 Å². The smallest absolute Gasteiger partial charge is 0.328 e. The predicted molar refractivity (Wildman–Crippen MR) is 66.1 cm³/mol. The molecule has 0 saturated heterocycles. The van der Waals surface area contributed by atoms with E-state index < -0.39 is 29.9 Å². The molecule has 3 N–H and O–H groups in total. The fraction of sp³-hybridized carbons (Fsp3) is 0.385. The van der Waals surface area contributed by atoms with E-state index in [0.29, 0.717) is 0 Å². The van der Waals surface area contributed by atoms with Gasteiger partial charge in [-0.25, -0.2) is 4.79 Å². The van der Waals surface area contributed by atoms with Crippen molar-refractivity contribution in [2.75, 3.05) is 6.61 Å². The third-order valence-electron chi connectivity index (χ3n) is 2.85. The van der Waals surface area contributed by atoms with Crippen LogP contribution in [0, 0.1) is 0 Å². The van der Waals surface area contributed by atoms with E-state index in [1.807, 2.05) is 18.2 Å². The molecule has 18 heavy (non-hydrogen) atoms. The number of hydrogen-bond donors (Lipinski definition) is 3. The van der Waals surface area contributed by atoms with Crippen molar-refractivity contribution in [2.24, 2.45) is 0 Å². The zero-order valence-electron chi connectivity index (χ0n) is 10.4. The van der Waals surface area contributed by atoms with Gasteiger partial charge in [0.05, 0.1) is 12.0 Å². The van der Waals surface area contributed by atoms with Crippen molar-refractivity contribution in [3.63, 3.8) is 0 Å². The highest BCUT2D eigenvalue weighted by atomic mass is 16.4. The summed E-state index contributed by atoms with van der Waals surface area (Å²) in [7, 11) is 0. The van der Waals surface area contributed by atoms with E-state index >= 15 is 0 Å². The van der Waals surface area contributed by atoms with Crippen LogP contribution in [-0.4, -0.2) is 34.7 Å². The first-order valence-corrected chi connectivity index (χ1v) is 5.59. The highest BCUT2D eigenvalue weighted by Gasteiger charge is 2.32. The summed E-state index contributed by atoms with van der Waals surface area (Å²) < 4.78 is 0. The standard InChI is InChI=1S/C13H17NO4/c1-13(2,9-6-4-3-5-7-9)12(18)14-10(8-15)11(16)17/h3-7,10,15H,8H2,1-2H3,(H,14,18)(H,16,17)/t10-/m1/s1. The second-order valence-electron chi connectivity index (χ2n) is 4.54. The molecule has 0 aliphatic heterocycles. The van der Waals surface area contributed by atoms with Gasteiger partial charge < -0.3 is 15.5 Å². The second kappa shape index (κ2) is 5.64. The van der Waals surface area contributed by atoms with Crippen LogP contribution >= 0.6 is 0 Å². The molecule has 0 spiro atoms. The van der Waals surface area contributed by atoms with Crippen molar-refractivity contribution in [3.8, 4) is 0 Å². The topological polar surface area (TPSA) is 86.6 Å². The van der Waals surface area contributed by atoms with Crippen LogP contribution in [0.25, 0.3) is 0 Å². The minimum absolute atomic E-state index is 0.435. The fourth-order valence-electron chi connectivity index (χ4n) is 1.51. The van der Waals surface area contributed by atoms with E-state index in [-0.39, 0.29) is 0 Å². The van der Waals surface area contributed by atoms with Gasteiger partial charge in [-0.1, -0.05) is 30.3 Å². The normalized spacial score (nSPS) is 12.8. The summed E-state index contributed by atoms with van der Waals surface area (Å²) in [4.78, 5) is 22.8. The number of carboxylic acid groups (broad SMARTS) is 1. The van der Waals surface area contributed by atoms with Crippen LogP contribution in [0.15, 0.2) is 30.3 Å². The lowest BCUT2D eigenvalue weighted by Gasteiger charge is -2.25. The number of carboxylic acids is 1. The Bertz CT molecular complexity index is 428. The van der Waals surface area contributed by atoms with Gasteiger partial charge in [0.15, 0.2) is 0 Å². The van der Waals surface area contributed by atoms with Gasteiger partial charge in [0.1, 0.15) is 6.04 Å². The first-order chi connectivity index (χ1) is 8.39. The zero-order chi connectivity index (χ0) is 13.8. The Hall–Kier alpha value is -1.88. The van der Waals surface area contributed by atoms with Gasteiger partial charge in [-0.3, -0.25) is 4.79 Å². The van der Waals surface area contributed by atoms with Gasteiger partial charge in [-0.05, 0) is 19.4 Å². The first-order valence-electron chi connectivity index (χ1n) is 5.59. The Balaban J connectivity index is 2.86. The maximum Gasteiger partial charge on any atom is 0.328 e. The molecule has 0 aromatic heterocycles. The maximum absolute atomic E-state index is 12.1. The highest BCUT2D eigenvalue weighted by molar-refractivity contribution is 5.90. The second-order valence-corrected chi connectivity index (χ2v) is 4.54. The summed E-state index contributed by atoms with van der Waals surface area (Å²) in [6.07, 6.45) is 0. The number of carbonyl (C=O) groups excluding carboxylic acids is 1. The predicted octanol–water partition coefficient (Wildman–Crippen LogP) is 0.526. The Morgan fingerprint density at radius 3 is 2.28 bits per heavy atom. The van der Waals surface area contributed by atoms with Crippen molar-refractivity contribution >= 4 is 11.9 Å². The van der Waals surface area contributed by atoms with E-state index in [1.54, 1.807) is 26.0 Å². The molecular formula is C13H17NO4. The Morgan fingerprint density at radius 2 is 1.83 bits per heavy atom. The number of aliphatic hydroxyl groups excluding tert-OH is 1. The van der Waals surface area contributed by atoms with E-state index in [4.69, 9.17) is 10.2 Å². The van der Waals surface area contributed by atoms with Crippen molar-refractivity contribution in [3.05, 3.63) is 35.9 Å². The van der Waals surface area contributed by atoms with Crippen LogP contribution in [0.4, 0.5) is 0 Å². The van der Waals surface area contributed by atoms with E-state index in [2.05, 4.69) is 5.32 Å². The fourth-order valence-corrected chi connectivity index (χ4v) is 1.51. The minimum atomic E-state index is -1.28. The Morgan fingerprint density at radius 1 is 1.28 bits per heavy atom. The molecule has 0 radical (unpaired) electrons. The van der Waals surface area contributed by atoms with Gasteiger partial charge in [0, 0.05) is 0 Å². The largest absolute Gasteiger partial charge is 0.480 e. The van der Waals surface area contributed by atoms with Crippen molar-refractivity contribution in [1.82, 2.24) is 5.32 Å². The van der Waals surface area contributed by atoms with Crippen LogP contribution in [0.3, 0.4) is 0 Å². The average molecular weight is 251 g/mol. The molecule has 5 nitrogen and oxygen atoms in total. The van der Waals surface area contributed by atoms with Crippen LogP contribution in [0.2, 0.25) is 0 Å². The molecule has 0 heterocycles. The quantitative estimate of drug-likeness (QED) is 0.712. The van der Waals surface area contributed by atoms with Crippen LogP contribution in [0.5, 0.6) is 0 Å². The van der Waals surface area contributed by atoms with E-state index in [9.17, 15) is 9.59 Å². The molecular weight excluding hydrogens is 234 g/mol. The molecule has 0 fully saturated rings. The number of benzene rings is 1. The number of aliphatic carboxylic acids is 1. The molecule has 1 atom stereocenters. The van der Waals surface area contributed by atoms with Gasteiger partial charge in [0.25, 0.3) is 0 Å². The molecule has 0 bridgehead atoms. The minimum Gasteiger partial charge on any atom is -0.480 e. The Labute approximate surface area is 105 Å². The van der Waals surface area contributed by atoms with Crippen LogP contribution < -0.4 is 5.32 Å². The van der Waals surface area contributed by atoms with Crippen LogP contribution in [0.1, 0.15) is 19.4 Å². The van der Waals surface area contributed by atoms with Crippen LogP contribution in [-0.2, 0) is 15.0 Å². The molecule has 0 aliphatic carbocycles. The molecule has 0 unspecified atom stereocenters. The number of nitrogens with one attached hydrogen (secondary N) is 1. The van der Waals surface area contributed by atoms with E-state index in [0.717, 1.165) is 5.56 Å². The summed E-state index contributed by atoms with van der Waals surface area (Å²) in [5.41, 5.74) is -0.0750. The molecule has 0 aliphatic rings. The lowest BCUT2D eigenvalue weighted by molar-refractivity contribution is -0.143. The molecule has 98 valence electrons. The van der Waals surface area contributed by atoms with Gasteiger partial charge >= 0.3 is 5.97 Å². The lowest BCUT2D eigenvalue weighted by atomic mass is 9.83. The highest BCUT2D eigenvalue weighted by Crippen LogP contribution is 2.23. The van der Waals surface area contributed by atoms with Gasteiger partial charge in [0.2, 0.25) is 5.91 Å². The summed E-state index contributed by atoms with van der Waals surface area (Å²) in [6.45, 7) is 2.77. The number of rotatable bonds is 5. The molecule has 1 amide bonds. The number of amides is 1. The van der Waals surface area contributed by atoms with Crippen molar-refractivity contribution < 1.29 is 19.8 Å². The number of hydrogen-bond acceptors (Lipinski definition) is 3. The summed E-state index contributed by atoms with van der Waals surface area (Å²) in [5.74, 6) is -1.69. The van der Waals surface area contributed by atoms with Gasteiger partial charge in [-0.2, -0.15) is 0 Å². The third kappa shape index (κ3) is 3.07. The molecule has 0 saturated carbocycles. The number of aliphatic hydroxyl groups is 1. The zero-order valence-corrected chi connectivity index (χ0v) is 10.4. The summed E-state index contributed by atoms with van der Waals surface area (Å²) in [6, 6.07) is 7.78. The van der Waals surface area contributed by atoms with Crippen molar-refractivity contribution in [1.29, 1.82) is 0 Å². The summed E-state index contributed by atoms with van der Waals surface area (Å²) in [5, 5.41) is 20.0. The molecule has 1 rings (SSSR count). The Kier molecular flexibility index (Phi) is 4.44. The SMILES string of the molecule is CC(C)(C(=O)N[C@H](CO)C(=O)O)c1ccccc1.